The molecule has 0 atom stereocenters. The minimum absolute atomic E-state index is 0.671. The Morgan fingerprint density at radius 1 is 0.351 bits per heavy atom. The van der Waals surface area contributed by atoms with Crippen LogP contribution in [0.2, 0.25) is 12.1 Å². The van der Waals surface area contributed by atoms with Crippen LogP contribution in [0.15, 0.2) is 0 Å². The highest BCUT2D eigenvalue weighted by atomic mass is 28.4. The first-order valence-electron chi connectivity index (χ1n) is 16.7. The van der Waals surface area contributed by atoms with E-state index in [0.29, 0.717) is 26.4 Å². The van der Waals surface area contributed by atoms with Crippen LogP contribution in [0.3, 0.4) is 0 Å². The second-order valence-corrected chi connectivity index (χ2v) is 14.3. The van der Waals surface area contributed by atoms with Crippen molar-refractivity contribution >= 4 is 8.56 Å². The molecule has 0 saturated heterocycles. The first-order valence-corrected chi connectivity index (χ1v) is 18.9. The SMILES string of the molecule is CCCCCCCCCCCC[Si](CCCCCCCCCCCC)(OCCOCC)OCCOCC. The molecule has 0 radical (unpaired) electrons. The van der Waals surface area contributed by atoms with Gasteiger partial charge in [-0.2, -0.15) is 0 Å². The zero-order valence-corrected chi connectivity index (χ0v) is 26.9. The zero-order chi connectivity index (χ0) is 27.1. The molecule has 0 spiro atoms. The third-order valence-corrected chi connectivity index (χ3v) is 11.1. The lowest BCUT2D eigenvalue weighted by Gasteiger charge is -2.31. The summed E-state index contributed by atoms with van der Waals surface area (Å²) in [6.45, 7) is 12.9. The molecular formula is C32H68O4Si. The smallest absolute Gasteiger partial charge is 0.338 e. The van der Waals surface area contributed by atoms with Gasteiger partial charge in [0.15, 0.2) is 0 Å². The largest absolute Gasteiger partial charge is 0.392 e. The molecule has 0 aliphatic rings. The number of unbranched alkanes of at least 4 members (excludes halogenated alkanes) is 18. The van der Waals surface area contributed by atoms with Crippen molar-refractivity contribution in [2.45, 2.75) is 168 Å². The van der Waals surface area contributed by atoms with Crippen molar-refractivity contribution in [3.8, 4) is 0 Å². The van der Waals surface area contributed by atoms with Crippen LogP contribution in [0.5, 0.6) is 0 Å². The van der Waals surface area contributed by atoms with Gasteiger partial charge in [-0.3, -0.25) is 0 Å². The topological polar surface area (TPSA) is 36.9 Å². The fraction of sp³-hybridized carbons (Fsp3) is 1.00. The molecule has 0 amide bonds. The van der Waals surface area contributed by atoms with Gasteiger partial charge in [-0.1, -0.05) is 142 Å². The highest BCUT2D eigenvalue weighted by Gasteiger charge is 2.36. The predicted molar refractivity (Wildman–Crippen MR) is 164 cm³/mol. The molecule has 0 aliphatic heterocycles. The molecule has 0 rings (SSSR count). The lowest BCUT2D eigenvalue weighted by Crippen LogP contribution is -2.44. The van der Waals surface area contributed by atoms with Crippen LogP contribution in [-0.4, -0.2) is 48.2 Å². The van der Waals surface area contributed by atoms with Crippen molar-refractivity contribution in [3.63, 3.8) is 0 Å². The first-order chi connectivity index (χ1) is 18.2. The fourth-order valence-corrected chi connectivity index (χ4v) is 8.48. The Balaban J connectivity index is 4.50. The Bertz CT molecular complexity index is 384. The van der Waals surface area contributed by atoms with E-state index in [1.54, 1.807) is 0 Å². The Hall–Kier alpha value is 0.0569. The second-order valence-electron chi connectivity index (χ2n) is 10.9. The molecule has 0 aromatic heterocycles. The van der Waals surface area contributed by atoms with E-state index < -0.39 is 8.56 Å². The van der Waals surface area contributed by atoms with Crippen LogP contribution in [0.25, 0.3) is 0 Å². The number of hydrogen-bond acceptors (Lipinski definition) is 4. The van der Waals surface area contributed by atoms with Gasteiger partial charge < -0.3 is 18.3 Å². The highest BCUT2D eigenvalue weighted by Crippen LogP contribution is 2.27. The van der Waals surface area contributed by atoms with Crippen molar-refractivity contribution in [1.82, 2.24) is 0 Å². The number of ether oxygens (including phenoxy) is 2. The molecule has 0 aromatic rings. The quantitative estimate of drug-likeness (QED) is 0.0623. The second kappa shape index (κ2) is 30.6. The van der Waals surface area contributed by atoms with Crippen LogP contribution >= 0.6 is 0 Å². The standard InChI is InChI=1S/C32H68O4Si/c1-5-9-11-13-15-17-19-21-23-25-31-37(35-29-27-33-7-3,36-30-28-34-8-4)32-26-24-22-20-18-16-14-12-10-6-2/h5-32H2,1-4H3. The summed E-state index contributed by atoms with van der Waals surface area (Å²) in [6.07, 6.45) is 27.4. The lowest BCUT2D eigenvalue weighted by atomic mass is 10.1. The van der Waals surface area contributed by atoms with Crippen molar-refractivity contribution < 1.29 is 18.3 Å². The van der Waals surface area contributed by atoms with Crippen LogP contribution in [0.1, 0.15) is 156 Å². The fourth-order valence-electron chi connectivity index (χ4n) is 5.08. The number of rotatable bonds is 32. The molecule has 0 unspecified atom stereocenters. The molecule has 37 heavy (non-hydrogen) atoms. The summed E-state index contributed by atoms with van der Waals surface area (Å²) in [7, 11) is -2.24. The van der Waals surface area contributed by atoms with Crippen LogP contribution < -0.4 is 0 Å². The zero-order valence-electron chi connectivity index (χ0n) is 25.9. The molecule has 4 nitrogen and oxygen atoms in total. The molecule has 0 heterocycles. The van der Waals surface area contributed by atoms with E-state index in [9.17, 15) is 0 Å². The molecular weight excluding hydrogens is 476 g/mol. The molecule has 5 heteroatoms. The molecule has 0 fully saturated rings. The average Bonchev–Trinajstić information content (AvgIpc) is 2.91. The molecule has 0 aliphatic carbocycles. The Morgan fingerprint density at radius 3 is 0.946 bits per heavy atom. The summed E-state index contributed by atoms with van der Waals surface area (Å²) in [6, 6.07) is 2.25. The summed E-state index contributed by atoms with van der Waals surface area (Å²) in [4.78, 5) is 0. The van der Waals surface area contributed by atoms with Gasteiger partial charge in [0, 0.05) is 13.2 Å². The van der Waals surface area contributed by atoms with Crippen LogP contribution in [-0.2, 0) is 18.3 Å². The predicted octanol–water partition coefficient (Wildman–Crippen LogP) is 10.4. The molecule has 224 valence electrons. The summed E-state index contributed by atoms with van der Waals surface area (Å²) >= 11 is 0. The van der Waals surface area contributed by atoms with Gasteiger partial charge >= 0.3 is 8.56 Å². The van der Waals surface area contributed by atoms with E-state index in [1.165, 1.54) is 128 Å². The normalized spacial score (nSPS) is 12.0. The Labute approximate surface area is 234 Å². The van der Waals surface area contributed by atoms with Crippen molar-refractivity contribution in [3.05, 3.63) is 0 Å². The minimum atomic E-state index is -2.24. The number of hydrogen-bond donors (Lipinski definition) is 0. The van der Waals surface area contributed by atoms with Gasteiger partial charge in [-0.05, 0) is 25.9 Å². The highest BCUT2D eigenvalue weighted by molar-refractivity contribution is 6.67. The maximum Gasteiger partial charge on any atom is 0.338 e. The average molecular weight is 545 g/mol. The monoisotopic (exact) mass is 544 g/mol. The summed E-state index contributed by atoms with van der Waals surface area (Å²) < 4.78 is 24.4. The lowest BCUT2D eigenvalue weighted by molar-refractivity contribution is 0.0636. The van der Waals surface area contributed by atoms with Gasteiger partial charge in [-0.15, -0.1) is 0 Å². The van der Waals surface area contributed by atoms with Gasteiger partial charge in [0.1, 0.15) is 0 Å². The van der Waals surface area contributed by atoms with Gasteiger partial charge in [0.05, 0.1) is 26.4 Å². The summed E-state index contributed by atoms with van der Waals surface area (Å²) in [5.74, 6) is 0. The molecule has 0 bridgehead atoms. The van der Waals surface area contributed by atoms with E-state index in [0.717, 1.165) is 25.3 Å². The summed E-state index contributed by atoms with van der Waals surface area (Å²) in [5, 5.41) is 0. The molecule has 0 saturated carbocycles. The van der Waals surface area contributed by atoms with Gasteiger partial charge in [0.2, 0.25) is 0 Å². The van der Waals surface area contributed by atoms with E-state index in [2.05, 4.69) is 27.7 Å². The van der Waals surface area contributed by atoms with Gasteiger partial charge in [-0.25, -0.2) is 0 Å². The van der Waals surface area contributed by atoms with Crippen molar-refractivity contribution in [2.75, 3.05) is 39.6 Å². The van der Waals surface area contributed by atoms with Crippen molar-refractivity contribution in [2.24, 2.45) is 0 Å². The molecule has 0 aromatic carbocycles. The minimum Gasteiger partial charge on any atom is -0.392 e. The maximum atomic E-state index is 6.61. The van der Waals surface area contributed by atoms with Crippen LogP contribution in [0, 0.1) is 0 Å². The van der Waals surface area contributed by atoms with Crippen molar-refractivity contribution in [1.29, 1.82) is 0 Å². The van der Waals surface area contributed by atoms with E-state index in [1.807, 2.05) is 0 Å². The van der Waals surface area contributed by atoms with E-state index in [4.69, 9.17) is 18.3 Å². The third kappa shape index (κ3) is 26.1. The first kappa shape index (κ1) is 37.1. The third-order valence-electron chi connectivity index (χ3n) is 7.42. The molecule has 0 N–H and O–H groups in total. The van der Waals surface area contributed by atoms with Crippen LogP contribution in [0.4, 0.5) is 0 Å². The van der Waals surface area contributed by atoms with E-state index >= 15 is 0 Å². The summed E-state index contributed by atoms with van der Waals surface area (Å²) in [5.41, 5.74) is 0. The van der Waals surface area contributed by atoms with Gasteiger partial charge in [0.25, 0.3) is 0 Å². The Morgan fingerprint density at radius 2 is 0.649 bits per heavy atom. The van der Waals surface area contributed by atoms with E-state index in [-0.39, 0.29) is 0 Å². The maximum absolute atomic E-state index is 6.61. The Kier molecular flexibility index (Phi) is 30.6.